The summed E-state index contributed by atoms with van der Waals surface area (Å²) in [7, 11) is 0. The molecule has 10 N–H and O–H groups in total. The van der Waals surface area contributed by atoms with Gasteiger partial charge in [-0.1, -0.05) is 71.6 Å². The Morgan fingerprint density at radius 1 is 0.318 bits per heavy atom. The molecule has 0 saturated carbocycles. The molecule has 582 valence electrons. The van der Waals surface area contributed by atoms with Crippen LogP contribution in [0.3, 0.4) is 0 Å². The van der Waals surface area contributed by atoms with Crippen LogP contribution in [0.2, 0.25) is 0 Å². The van der Waals surface area contributed by atoms with E-state index in [1.165, 1.54) is 42.5 Å². The Morgan fingerprint density at radius 2 is 0.579 bits per heavy atom. The second-order valence-corrected chi connectivity index (χ2v) is 26.5. The van der Waals surface area contributed by atoms with Crippen molar-refractivity contribution in [2.24, 2.45) is 0 Å². The molecule has 2 aromatic heterocycles. The Hall–Kier alpha value is -9.06. The van der Waals surface area contributed by atoms with E-state index in [4.69, 9.17) is 57.3 Å². The molecule has 8 unspecified atom stereocenters. The van der Waals surface area contributed by atoms with E-state index in [0.717, 1.165) is 73.6 Å². The number of unbranched alkanes of at least 4 members (excludes halogenated alkanes) is 2. The molecule has 26 heteroatoms. The number of aromatic nitrogens is 6. The lowest BCUT2D eigenvalue weighted by molar-refractivity contribution is -0.0209. The molecular weight excluding hydrogens is 1380 g/mol. The number of benzene rings is 6. The molecule has 107 heavy (non-hydrogen) atoms. The smallest absolute Gasteiger partial charge is 0.167 e. The van der Waals surface area contributed by atoms with E-state index < -0.39 is 30.5 Å². The van der Waals surface area contributed by atoms with E-state index in [0.29, 0.717) is 41.7 Å². The van der Waals surface area contributed by atoms with Gasteiger partial charge in [0.1, 0.15) is 121 Å². The number of hydrogen-bond donors (Lipinski definition) is 10. The lowest BCUT2D eigenvalue weighted by atomic mass is 9.99. The van der Waals surface area contributed by atoms with Gasteiger partial charge in [-0.15, -0.1) is 0 Å². The van der Waals surface area contributed by atoms with Crippen molar-refractivity contribution in [1.82, 2.24) is 29.9 Å². The second-order valence-electron chi connectivity index (χ2n) is 26.5. The van der Waals surface area contributed by atoms with Crippen LogP contribution in [0.1, 0.15) is 123 Å². The quantitative estimate of drug-likeness (QED) is 0.0159. The van der Waals surface area contributed by atoms with Gasteiger partial charge in [0.15, 0.2) is 34.9 Å². The fraction of sp³-hybridized carbons (Fsp3) is 0.481. The molecule has 0 bridgehead atoms. The molecule has 0 radical (unpaired) electrons. The molecule has 8 rings (SSSR count). The van der Waals surface area contributed by atoms with E-state index in [1.807, 2.05) is 67.5 Å². The number of aliphatic hydroxyl groups is 5. The Labute approximate surface area is 626 Å². The number of rotatable bonds is 44. The molecule has 0 aliphatic heterocycles. The van der Waals surface area contributed by atoms with Gasteiger partial charge in [-0.3, -0.25) is 0 Å². The van der Waals surface area contributed by atoms with Crippen LogP contribution in [0, 0.1) is 20.8 Å². The lowest BCUT2D eigenvalue weighted by Crippen LogP contribution is -2.25. The van der Waals surface area contributed by atoms with Crippen LogP contribution < -0.4 is 23.7 Å². The first-order chi connectivity index (χ1) is 51.4. The number of aliphatic hydroxyl groups excluding tert-OH is 5. The van der Waals surface area contributed by atoms with Crippen molar-refractivity contribution in [2.45, 2.75) is 176 Å². The Kier molecular flexibility index (Phi) is 34.8. The van der Waals surface area contributed by atoms with E-state index in [1.54, 1.807) is 48.5 Å². The van der Waals surface area contributed by atoms with E-state index in [9.17, 15) is 51.1 Å². The summed E-state index contributed by atoms with van der Waals surface area (Å²) >= 11 is 0. The molecule has 0 amide bonds. The molecule has 8 atom stereocenters. The van der Waals surface area contributed by atoms with Gasteiger partial charge in [0, 0.05) is 49.1 Å². The van der Waals surface area contributed by atoms with Gasteiger partial charge >= 0.3 is 0 Å². The number of nitrogens with zero attached hydrogens (tertiary/aromatic N) is 6. The van der Waals surface area contributed by atoms with Crippen LogP contribution in [0.4, 0.5) is 0 Å². The predicted octanol–water partition coefficient (Wildman–Crippen LogP) is 12.4. The summed E-state index contributed by atoms with van der Waals surface area (Å²) in [5.74, 6) is 1.38. The predicted molar refractivity (Wildman–Crippen MR) is 406 cm³/mol. The standard InChI is InChI=1S/C43H59N3O12.C38H49N3O8/c1-7-10-28(6)55-22-31(49)25-58-34-13-16-37(40(52)19-34)43-45-41(35-14-11-32(17-38(35)50)56-23-29(47)20-53-26(4)8-2)44-42(46-43)36-15-12-33(18-39(36)51)57-24-30(48)21-54-27(5)9-3;1-6-8-14-46-20-27(42)22-48-29-10-12-31(33(44)18-29)36-39-37(41-38(40-36)35-25(4)16-24(3)17-26(35)5)32-13-11-30(19-34(32)45)49-23-28(43)21-47-15-9-7-2/h11-19,26-31,47-52H,7-10,20-25H2,1-6H3;10-13,16-19,27-28,42-45H,6-9,14-15,20-23H2,1-5H3. The molecule has 2 heterocycles. The van der Waals surface area contributed by atoms with Crippen molar-refractivity contribution in [3.05, 3.63) is 120 Å². The Balaban J connectivity index is 0.000000302. The zero-order valence-corrected chi connectivity index (χ0v) is 63.3. The minimum Gasteiger partial charge on any atom is -0.507 e. The summed E-state index contributed by atoms with van der Waals surface area (Å²) < 4.78 is 56.2. The normalized spacial score (nSPS) is 13.7. The van der Waals surface area contributed by atoms with Crippen molar-refractivity contribution in [1.29, 1.82) is 0 Å². The number of aryl methyl sites for hydroxylation is 3. The van der Waals surface area contributed by atoms with Crippen LogP contribution in [0.15, 0.2) is 103 Å². The Bertz CT molecular complexity index is 3830. The number of hydrogen-bond acceptors (Lipinski definition) is 26. The van der Waals surface area contributed by atoms with Gasteiger partial charge in [0.05, 0.1) is 79.2 Å². The average Bonchev–Trinajstić information content (AvgIpc) is 0.783. The summed E-state index contributed by atoms with van der Waals surface area (Å²) in [6.45, 7) is 23.5. The Morgan fingerprint density at radius 3 is 0.832 bits per heavy atom. The molecule has 0 spiro atoms. The monoisotopic (exact) mass is 1480 g/mol. The minimum absolute atomic E-state index is 0.00161. The van der Waals surface area contributed by atoms with Gasteiger partial charge in [-0.25, -0.2) is 29.9 Å². The maximum absolute atomic E-state index is 11.2. The van der Waals surface area contributed by atoms with Gasteiger partial charge in [0.25, 0.3) is 0 Å². The van der Waals surface area contributed by atoms with E-state index >= 15 is 0 Å². The SMILES string of the molecule is CCCC(C)OCC(O)COc1ccc(-c2nc(-c3ccc(OCC(O)COC(C)CC)cc3O)nc(-c3ccc(OCC(O)COC(C)CC)cc3O)n2)c(O)c1.CCCCOCC(O)COc1ccc(-c2nc(-c3ccc(OCC(O)COCCCC)cc3O)nc(-c3c(C)cc(C)cc3C)n2)c(O)c1. The third-order valence-corrected chi connectivity index (χ3v) is 16.9. The number of aromatic hydroxyl groups is 5. The van der Waals surface area contributed by atoms with Crippen molar-refractivity contribution in [3.63, 3.8) is 0 Å². The third-order valence-electron chi connectivity index (χ3n) is 16.9. The molecule has 6 aromatic carbocycles. The highest BCUT2D eigenvalue weighted by Crippen LogP contribution is 2.40. The lowest BCUT2D eigenvalue weighted by Gasteiger charge is -2.17. The zero-order chi connectivity index (χ0) is 77.5. The molecule has 0 saturated heterocycles. The molecule has 8 aromatic rings. The average molecular weight is 1490 g/mol. The number of phenolic OH excluding ortho intramolecular Hbond substituents is 5. The van der Waals surface area contributed by atoms with Crippen LogP contribution in [0.5, 0.6) is 57.5 Å². The van der Waals surface area contributed by atoms with E-state index in [2.05, 4.69) is 40.7 Å². The van der Waals surface area contributed by atoms with Crippen LogP contribution >= 0.6 is 0 Å². The van der Waals surface area contributed by atoms with Crippen molar-refractivity contribution >= 4 is 0 Å². The van der Waals surface area contributed by atoms with Crippen LogP contribution in [-0.4, -0.2) is 209 Å². The van der Waals surface area contributed by atoms with Gasteiger partial charge in [-0.2, -0.15) is 0 Å². The maximum Gasteiger partial charge on any atom is 0.167 e. The molecule has 0 fully saturated rings. The fourth-order valence-corrected chi connectivity index (χ4v) is 10.6. The maximum atomic E-state index is 11.2. The van der Waals surface area contributed by atoms with Crippen molar-refractivity contribution < 1.29 is 98.4 Å². The van der Waals surface area contributed by atoms with E-state index in [-0.39, 0.29) is 176 Å². The van der Waals surface area contributed by atoms with Crippen LogP contribution in [-0.2, 0) is 23.7 Å². The first kappa shape index (κ1) is 85.2. The minimum atomic E-state index is -0.884. The largest absolute Gasteiger partial charge is 0.507 e. The summed E-state index contributed by atoms with van der Waals surface area (Å²) in [4.78, 5) is 28.0. The highest BCUT2D eigenvalue weighted by Gasteiger charge is 2.24. The van der Waals surface area contributed by atoms with Crippen molar-refractivity contribution in [3.8, 4) is 126 Å². The summed E-state index contributed by atoms with van der Waals surface area (Å²) in [6.07, 6.45) is 3.06. The first-order valence-corrected chi connectivity index (χ1v) is 36.7. The number of phenols is 5. The first-order valence-electron chi connectivity index (χ1n) is 36.7. The summed E-state index contributed by atoms with van der Waals surface area (Å²) in [5, 5.41) is 107. The van der Waals surface area contributed by atoms with Crippen LogP contribution in [0.25, 0.3) is 68.3 Å². The molecular formula is C81H108N6O20. The van der Waals surface area contributed by atoms with Crippen molar-refractivity contribution in [2.75, 3.05) is 79.3 Å². The van der Waals surface area contributed by atoms with Gasteiger partial charge < -0.3 is 98.4 Å². The molecule has 0 aliphatic carbocycles. The highest BCUT2D eigenvalue weighted by atomic mass is 16.5. The summed E-state index contributed by atoms with van der Waals surface area (Å²) in [5.41, 5.74) is 5.09. The second kappa shape index (κ2) is 43.7. The highest BCUT2D eigenvalue weighted by molar-refractivity contribution is 5.76. The molecule has 26 nitrogen and oxygen atoms in total. The molecule has 0 aliphatic rings. The summed E-state index contributed by atoms with van der Waals surface area (Å²) in [6, 6.07) is 27.0. The fourth-order valence-electron chi connectivity index (χ4n) is 10.6. The number of ether oxygens (including phenoxy) is 10. The third kappa shape index (κ3) is 27.3. The van der Waals surface area contributed by atoms with Gasteiger partial charge in [-0.05, 0) is 145 Å². The van der Waals surface area contributed by atoms with Gasteiger partial charge in [0.2, 0.25) is 0 Å². The topological polar surface area (TPSA) is 372 Å². The zero-order valence-electron chi connectivity index (χ0n) is 63.3.